The Labute approximate surface area is 118 Å². The number of hydrogen-bond acceptors (Lipinski definition) is 4. The maximum atomic E-state index is 10.8. The van der Waals surface area contributed by atoms with Crippen LogP contribution >= 0.6 is 0 Å². The number of imidazole rings is 1. The van der Waals surface area contributed by atoms with Crippen LogP contribution in [-0.4, -0.2) is 22.4 Å². The number of rotatable bonds is 7. The van der Waals surface area contributed by atoms with Gasteiger partial charge in [0.2, 0.25) is 0 Å². The Hall–Kier alpha value is -2.30. The van der Waals surface area contributed by atoms with E-state index < -0.39 is 0 Å². The van der Waals surface area contributed by atoms with E-state index in [9.17, 15) is 4.79 Å². The molecule has 0 aliphatic heterocycles. The number of aryl methyl sites for hydroxylation is 1. The van der Waals surface area contributed by atoms with E-state index >= 15 is 0 Å². The average Bonchev–Trinajstić information content (AvgIpc) is 2.93. The van der Waals surface area contributed by atoms with Crippen molar-refractivity contribution in [2.75, 3.05) is 6.61 Å². The Morgan fingerprint density at radius 2 is 2.10 bits per heavy atom. The molecule has 0 amide bonds. The Balaban J connectivity index is 2.14. The molecule has 20 heavy (non-hydrogen) atoms. The third-order valence-electron chi connectivity index (χ3n) is 2.90. The van der Waals surface area contributed by atoms with Crippen molar-refractivity contribution in [1.29, 1.82) is 0 Å². The van der Waals surface area contributed by atoms with Gasteiger partial charge >= 0.3 is 0 Å². The standard InChI is InChI=1S/C15H18N2O3/c1-3-17-8-7-16-15(17)11-20-13-6-5-12(10-18)9-14(13)19-4-2/h5-10H,3-4,11H2,1-2H3. The second-order valence-corrected chi connectivity index (χ2v) is 4.18. The average molecular weight is 274 g/mol. The van der Waals surface area contributed by atoms with E-state index in [0.29, 0.717) is 30.3 Å². The van der Waals surface area contributed by atoms with Crippen LogP contribution in [0.4, 0.5) is 0 Å². The number of carbonyl (C=O) groups is 1. The van der Waals surface area contributed by atoms with E-state index in [0.717, 1.165) is 18.7 Å². The molecular formula is C15H18N2O3. The summed E-state index contributed by atoms with van der Waals surface area (Å²) in [4.78, 5) is 15.0. The molecule has 0 spiro atoms. The van der Waals surface area contributed by atoms with Crippen LogP contribution in [-0.2, 0) is 13.2 Å². The van der Waals surface area contributed by atoms with Gasteiger partial charge in [0.05, 0.1) is 6.61 Å². The van der Waals surface area contributed by atoms with E-state index in [1.54, 1.807) is 24.4 Å². The second kappa shape index (κ2) is 6.75. The van der Waals surface area contributed by atoms with Gasteiger partial charge in [0.1, 0.15) is 18.7 Å². The molecule has 0 radical (unpaired) electrons. The van der Waals surface area contributed by atoms with Gasteiger partial charge < -0.3 is 14.0 Å². The number of hydrogen-bond donors (Lipinski definition) is 0. The van der Waals surface area contributed by atoms with Crippen LogP contribution in [0.3, 0.4) is 0 Å². The highest BCUT2D eigenvalue weighted by Crippen LogP contribution is 2.28. The monoisotopic (exact) mass is 274 g/mol. The summed E-state index contributed by atoms with van der Waals surface area (Å²) in [6.07, 6.45) is 4.45. The molecular weight excluding hydrogens is 256 g/mol. The molecule has 0 atom stereocenters. The fraction of sp³-hybridized carbons (Fsp3) is 0.333. The quantitative estimate of drug-likeness (QED) is 0.728. The van der Waals surface area contributed by atoms with E-state index in [2.05, 4.69) is 11.9 Å². The molecule has 1 aromatic heterocycles. The molecule has 106 valence electrons. The SMILES string of the molecule is CCOc1cc(C=O)ccc1OCc1nccn1CC. The first kappa shape index (κ1) is 14.1. The lowest BCUT2D eigenvalue weighted by Gasteiger charge is -2.12. The van der Waals surface area contributed by atoms with Gasteiger partial charge in [0, 0.05) is 24.5 Å². The summed E-state index contributed by atoms with van der Waals surface area (Å²) in [5.74, 6) is 2.05. The van der Waals surface area contributed by atoms with Gasteiger partial charge in [0.25, 0.3) is 0 Å². The third kappa shape index (κ3) is 3.17. The minimum Gasteiger partial charge on any atom is -0.490 e. The molecule has 0 unspecified atom stereocenters. The maximum absolute atomic E-state index is 10.8. The molecule has 0 aliphatic rings. The number of aldehydes is 1. The highest BCUT2D eigenvalue weighted by Gasteiger charge is 2.08. The number of carbonyl (C=O) groups excluding carboxylic acids is 1. The minimum atomic E-state index is 0.362. The van der Waals surface area contributed by atoms with Gasteiger partial charge in [0.15, 0.2) is 11.5 Å². The van der Waals surface area contributed by atoms with Gasteiger partial charge in [-0.3, -0.25) is 4.79 Å². The smallest absolute Gasteiger partial charge is 0.161 e. The van der Waals surface area contributed by atoms with E-state index in [-0.39, 0.29) is 0 Å². The molecule has 1 heterocycles. The van der Waals surface area contributed by atoms with Crippen LogP contribution in [0.15, 0.2) is 30.6 Å². The van der Waals surface area contributed by atoms with Crippen molar-refractivity contribution in [3.05, 3.63) is 42.0 Å². The largest absolute Gasteiger partial charge is 0.490 e. The summed E-state index contributed by atoms with van der Waals surface area (Å²) in [7, 11) is 0. The number of benzene rings is 1. The highest BCUT2D eigenvalue weighted by atomic mass is 16.5. The first-order chi connectivity index (χ1) is 9.78. The van der Waals surface area contributed by atoms with Crippen molar-refractivity contribution in [2.45, 2.75) is 27.0 Å². The Bertz CT molecular complexity index is 578. The van der Waals surface area contributed by atoms with Crippen molar-refractivity contribution >= 4 is 6.29 Å². The zero-order valence-corrected chi connectivity index (χ0v) is 11.7. The molecule has 0 N–H and O–H groups in total. The van der Waals surface area contributed by atoms with Crippen molar-refractivity contribution < 1.29 is 14.3 Å². The summed E-state index contributed by atoms with van der Waals surface area (Å²) < 4.78 is 13.3. The predicted octanol–water partition coefficient (Wildman–Crippen LogP) is 2.69. The summed E-state index contributed by atoms with van der Waals surface area (Å²) in [6, 6.07) is 5.13. The first-order valence-corrected chi connectivity index (χ1v) is 6.63. The lowest BCUT2D eigenvalue weighted by Crippen LogP contribution is -2.06. The fourth-order valence-corrected chi connectivity index (χ4v) is 1.90. The summed E-state index contributed by atoms with van der Waals surface area (Å²) in [5, 5.41) is 0. The van der Waals surface area contributed by atoms with Gasteiger partial charge in [-0.2, -0.15) is 0 Å². The number of aromatic nitrogens is 2. The normalized spacial score (nSPS) is 10.3. The molecule has 0 saturated carbocycles. The number of nitrogens with zero attached hydrogens (tertiary/aromatic N) is 2. The van der Waals surface area contributed by atoms with Crippen molar-refractivity contribution in [3.63, 3.8) is 0 Å². The molecule has 5 nitrogen and oxygen atoms in total. The minimum absolute atomic E-state index is 0.362. The number of ether oxygens (including phenoxy) is 2. The summed E-state index contributed by atoms with van der Waals surface area (Å²) in [5.41, 5.74) is 0.566. The van der Waals surface area contributed by atoms with E-state index in [4.69, 9.17) is 9.47 Å². The molecule has 0 fully saturated rings. The van der Waals surface area contributed by atoms with Crippen LogP contribution in [0.1, 0.15) is 30.0 Å². The van der Waals surface area contributed by atoms with Gasteiger partial charge in [-0.05, 0) is 32.0 Å². The molecule has 1 aromatic carbocycles. The van der Waals surface area contributed by atoms with Crippen molar-refractivity contribution in [2.24, 2.45) is 0 Å². The molecule has 5 heteroatoms. The molecule has 2 aromatic rings. The topological polar surface area (TPSA) is 53.4 Å². The van der Waals surface area contributed by atoms with E-state index in [1.165, 1.54) is 0 Å². The Kier molecular flexibility index (Phi) is 4.76. The Morgan fingerprint density at radius 1 is 1.25 bits per heavy atom. The van der Waals surface area contributed by atoms with Crippen LogP contribution in [0, 0.1) is 0 Å². The summed E-state index contributed by atoms with van der Waals surface area (Å²) in [6.45, 7) is 5.67. The van der Waals surface area contributed by atoms with Crippen LogP contribution < -0.4 is 9.47 Å². The summed E-state index contributed by atoms with van der Waals surface area (Å²) >= 11 is 0. The maximum Gasteiger partial charge on any atom is 0.161 e. The zero-order chi connectivity index (χ0) is 14.4. The molecule has 0 saturated heterocycles. The molecule has 0 aliphatic carbocycles. The third-order valence-corrected chi connectivity index (χ3v) is 2.90. The second-order valence-electron chi connectivity index (χ2n) is 4.18. The van der Waals surface area contributed by atoms with E-state index in [1.807, 2.05) is 17.7 Å². The predicted molar refractivity (Wildman–Crippen MR) is 75.2 cm³/mol. The lowest BCUT2D eigenvalue weighted by molar-refractivity contribution is 0.112. The molecule has 0 bridgehead atoms. The van der Waals surface area contributed by atoms with Crippen LogP contribution in [0.5, 0.6) is 11.5 Å². The molecule has 2 rings (SSSR count). The van der Waals surface area contributed by atoms with Crippen LogP contribution in [0.25, 0.3) is 0 Å². The van der Waals surface area contributed by atoms with Gasteiger partial charge in [-0.15, -0.1) is 0 Å². The first-order valence-electron chi connectivity index (χ1n) is 6.63. The Morgan fingerprint density at radius 3 is 2.80 bits per heavy atom. The lowest BCUT2D eigenvalue weighted by atomic mass is 10.2. The highest BCUT2D eigenvalue weighted by molar-refractivity contribution is 5.76. The van der Waals surface area contributed by atoms with Crippen LogP contribution in [0.2, 0.25) is 0 Å². The van der Waals surface area contributed by atoms with Crippen molar-refractivity contribution in [3.8, 4) is 11.5 Å². The van der Waals surface area contributed by atoms with Gasteiger partial charge in [-0.1, -0.05) is 0 Å². The zero-order valence-electron chi connectivity index (χ0n) is 11.7. The van der Waals surface area contributed by atoms with Crippen molar-refractivity contribution in [1.82, 2.24) is 9.55 Å². The van der Waals surface area contributed by atoms with Gasteiger partial charge in [-0.25, -0.2) is 4.98 Å². The fourth-order valence-electron chi connectivity index (χ4n) is 1.90.